The smallest absolute Gasteiger partial charge is 0.243 e. The van der Waals surface area contributed by atoms with Crippen molar-refractivity contribution >= 4 is 10.0 Å². The van der Waals surface area contributed by atoms with Gasteiger partial charge in [0.25, 0.3) is 0 Å². The van der Waals surface area contributed by atoms with Crippen molar-refractivity contribution in [3.05, 3.63) is 42.0 Å². The molecule has 2 rings (SSSR count). The zero-order valence-electron chi connectivity index (χ0n) is 9.57. The van der Waals surface area contributed by atoms with E-state index in [9.17, 15) is 13.5 Å². The minimum Gasteiger partial charge on any atom is -0.394 e. The fraction of sp³-hybridized carbons (Fsp3) is 0.333. The summed E-state index contributed by atoms with van der Waals surface area (Å²) in [5.41, 5.74) is 0.895. The molecule has 0 aliphatic carbocycles. The Kier molecular flexibility index (Phi) is 3.33. The molecule has 0 spiro atoms. The standard InChI is InChI=1S/C12H15NO3S/c1-10-7-8-13(12(10)9-14)17(15,16)11-5-3-2-4-6-11/h2-7,12,14H,8-9H2,1H3/t12-/m0/s1. The highest BCUT2D eigenvalue weighted by atomic mass is 32.2. The average molecular weight is 253 g/mol. The molecule has 17 heavy (non-hydrogen) atoms. The molecule has 92 valence electrons. The van der Waals surface area contributed by atoms with Crippen LogP contribution in [0.4, 0.5) is 0 Å². The van der Waals surface area contributed by atoms with Crippen molar-refractivity contribution in [1.82, 2.24) is 4.31 Å². The summed E-state index contributed by atoms with van der Waals surface area (Å²) in [6.07, 6.45) is 1.83. The summed E-state index contributed by atoms with van der Waals surface area (Å²) >= 11 is 0. The minimum absolute atomic E-state index is 0.186. The van der Waals surface area contributed by atoms with E-state index in [1.165, 1.54) is 4.31 Å². The third kappa shape index (κ3) is 2.13. The molecule has 0 saturated carbocycles. The first-order chi connectivity index (χ1) is 8.07. The second-order valence-corrected chi connectivity index (χ2v) is 5.92. The second-order valence-electron chi connectivity index (χ2n) is 4.03. The van der Waals surface area contributed by atoms with Crippen molar-refractivity contribution < 1.29 is 13.5 Å². The number of nitrogens with zero attached hydrogens (tertiary/aromatic N) is 1. The lowest BCUT2D eigenvalue weighted by Gasteiger charge is -2.24. The van der Waals surface area contributed by atoms with Crippen molar-refractivity contribution in [3.8, 4) is 0 Å². The quantitative estimate of drug-likeness (QED) is 0.818. The molecule has 1 N–H and O–H groups in total. The maximum absolute atomic E-state index is 12.3. The van der Waals surface area contributed by atoms with Crippen LogP contribution >= 0.6 is 0 Å². The van der Waals surface area contributed by atoms with Crippen LogP contribution in [0.25, 0.3) is 0 Å². The van der Waals surface area contributed by atoms with Gasteiger partial charge in [0.05, 0.1) is 17.5 Å². The molecule has 1 atom stereocenters. The van der Waals surface area contributed by atoms with E-state index < -0.39 is 16.1 Å². The number of hydrogen-bond acceptors (Lipinski definition) is 3. The molecule has 0 saturated heterocycles. The van der Waals surface area contributed by atoms with Gasteiger partial charge in [0.1, 0.15) is 0 Å². The lowest BCUT2D eigenvalue weighted by atomic mass is 10.2. The number of hydrogen-bond donors (Lipinski definition) is 1. The van der Waals surface area contributed by atoms with Crippen LogP contribution in [-0.2, 0) is 10.0 Å². The van der Waals surface area contributed by atoms with Gasteiger partial charge in [-0.05, 0) is 19.1 Å². The topological polar surface area (TPSA) is 57.6 Å². The summed E-state index contributed by atoms with van der Waals surface area (Å²) < 4.78 is 26.0. The lowest BCUT2D eigenvalue weighted by Crippen LogP contribution is -2.39. The predicted molar refractivity (Wildman–Crippen MR) is 65.0 cm³/mol. The maximum Gasteiger partial charge on any atom is 0.243 e. The van der Waals surface area contributed by atoms with E-state index in [0.29, 0.717) is 6.54 Å². The third-order valence-electron chi connectivity index (χ3n) is 2.99. The van der Waals surface area contributed by atoms with Crippen molar-refractivity contribution in [2.24, 2.45) is 0 Å². The molecule has 1 aromatic rings. The zero-order valence-corrected chi connectivity index (χ0v) is 10.4. The van der Waals surface area contributed by atoms with Gasteiger partial charge >= 0.3 is 0 Å². The van der Waals surface area contributed by atoms with E-state index in [1.807, 2.05) is 13.0 Å². The fourth-order valence-corrected chi connectivity index (χ4v) is 3.56. The third-order valence-corrected chi connectivity index (χ3v) is 4.88. The molecule has 1 aromatic carbocycles. The van der Waals surface area contributed by atoms with E-state index in [1.54, 1.807) is 30.3 Å². The van der Waals surface area contributed by atoms with Gasteiger partial charge < -0.3 is 5.11 Å². The van der Waals surface area contributed by atoms with E-state index in [4.69, 9.17) is 0 Å². The molecule has 0 aromatic heterocycles. The van der Waals surface area contributed by atoms with Crippen LogP contribution < -0.4 is 0 Å². The summed E-state index contributed by atoms with van der Waals surface area (Å²) in [7, 11) is -3.51. The van der Waals surface area contributed by atoms with E-state index >= 15 is 0 Å². The van der Waals surface area contributed by atoms with Crippen LogP contribution in [0.5, 0.6) is 0 Å². The van der Waals surface area contributed by atoms with Gasteiger partial charge in [0.2, 0.25) is 10.0 Å². The van der Waals surface area contributed by atoms with Crippen LogP contribution in [0.2, 0.25) is 0 Å². The number of sulfonamides is 1. The largest absolute Gasteiger partial charge is 0.394 e. The molecule has 0 amide bonds. The van der Waals surface area contributed by atoms with Crippen LogP contribution in [-0.4, -0.2) is 37.0 Å². The Bertz CT molecular complexity index is 522. The number of aliphatic hydroxyl groups is 1. The molecular weight excluding hydrogens is 238 g/mol. The summed E-state index contributed by atoms with van der Waals surface area (Å²) in [6.45, 7) is 1.98. The Labute approximate surface area is 101 Å². The van der Waals surface area contributed by atoms with E-state index in [-0.39, 0.29) is 11.5 Å². The molecular formula is C12H15NO3S. The highest BCUT2D eigenvalue weighted by molar-refractivity contribution is 7.89. The molecule has 0 bridgehead atoms. The number of aliphatic hydroxyl groups excluding tert-OH is 1. The average Bonchev–Trinajstić information content (AvgIpc) is 2.72. The van der Waals surface area contributed by atoms with Crippen LogP contribution in [0, 0.1) is 0 Å². The zero-order chi connectivity index (χ0) is 12.5. The first-order valence-electron chi connectivity index (χ1n) is 5.42. The minimum atomic E-state index is -3.51. The van der Waals surface area contributed by atoms with Gasteiger partial charge in [-0.1, -0.05) is 29.8 Å². The highest BCUT2D eigenvalue weighted by Crippen LogP contribution is 2.25. The number of rotatable bonds is 3. The molecule has 0 radical (unpaired) electrons. The van der Waals surface area contributed by atoms with Crippen molar-refractivity contribution in [3.63, 3.8) is 0 Å². The lowest BCUT2D eigenvalue weighted by molar-refractivity contribution is 0.225. The van der Waals surface area contributed by atoms with Gasteiger partial charge in [0, 0.05) is 6.54 Å². The molecule has 1 heterocycles. The van der Waals surface area contributed by atoms with Crippen LogP contribution in [0.3, 0.4) is 0 Å². The molecule has 0 unspecified atom stereocenters. The predicted octanol–water partition coefficient (Wildman–Crippen LogP) is 0.998. The molecule has 1 aliphatic heterocycles. The fourth-order valence-electron chi connectivity index (χ4n) is 1.95. The maximum atomic E-state index is 12.3. The summed E-state index contributed by atoms with van der Waals surface area (Å²) in [4.78, 5) is 0.265. The molecule has 0 fully saturated rings. The van der Waals surface area contributed by atoms with Crippen LogP contribution in [0.15, 0.2) is 46.9 Å². The van der Waals surface area contributed by atoms with Gasteiger partial charge in [-0.15, -0.1) is 0 Å². The Morgan fingerprint density at radius 2 is 2.00 bits per heavy atom. The molecule has 5 heteroatoms. The number of benzene rings is 1. The van der Waals surface area contributed by atoms with Crippen LogP contribution in [0.1, 0.15) is 6.92 Å². The molecule has 4 nitrogen and oxygen atoms in total. The van der Waals surface area contributed by atoms with Gasteiger partial charge in [-0.3, -0.25) is 0 Å². The van der Waals surface area contributed by atoms with E-state index in [2.05, 4.69) is 0 Å². The SMILES string of the molecule is CC1=CCN(S(=O)(=O)c2ccccc2)[C@H]1CO. The summed E-state index contributed by atoms with van der Waals surface area (Å²) in [6, 6.07) is 7.86. The first-order valence-corrected chi connectivity index (χ1v) is 6.86. The highest BCUT2D eigenvalue weighted by Gasteiger charge is 2.34. The summed E-state index contributed by atoms with van der Waals surface area (Å²) in [5, 5.41) is 9.27. The summed E-state index contributed by atoms with van der Waals surface area (Å²) in [5.74, 6) is 0. The Morgan fingerprint density at radius 3 is 2.59 bits per heavy atom. The van der Waals surface area contributed by atoms with Gasteiger partial charge in [0.15, 0.2) is 0 Å². The second kappa shape index (κ2) is 4.60. The van der Waals surface area contributed by atoms with Crippen molar-refractivity contribution in [2.45, 2.75) is 17.9 Å². The van der Waals surface area contributed by atoms with Gasteiger partial charge in [-0.25, -0.2) is 8.42 Å². The molecule has 1 aliphatic rings. The Hall–Kier alpha value is -1.17. The monoisotopic (exact) mass is 253 g/mol. The normalized spacial score (nSPS) is 21.5. The van der Waals surface area contributed by atoms with E-state index in [0.717, 1.165) is 5.57 Å². The Morgan fingerprint density at radius 1 is 1.35 bits per heavy atom. The first kappa shape index (κ1) is 12.3. The van der Waals surface area contributed by atoms with Crippen molar-refractivity contribution in [2.75, 3.05) is 13.2 Å². The van der Waals surface area contributed by atoms with Gasteiger partial charge in [-0.2, -0.15) is 4.31 Å². The van der Waals surface area contributed by atoms with Crippen molar-refractivity contribution in [1.29, 1.82) is 0 Å². The Balaban J connectivity index is 2.36.